The van der Waals surface area contributed by atoms with Crippen molar-refractivity contribution in [3.63, 3.8) is 0 Å². The molecule has 0 aromatic rings. The molecule has 2 heteroatoms. The van der Waals surface area contributed by atoms with Crippen LogP contribution in [0.15, 0.2) is 0 Å². The van der Waals surface area contributed by atoms with Crippen LogP contribution in [0.4, 0.5) is 0 Å². The van der Waals surface area contributed by atoms with E-state index in [2.05, 4.69) is 41.5 Å². The van der Waals surface area contributed by atoms with Gasteiger partial charge in [-0.25, -0.2) is 0 Å². The van der Waals surface area contributed by atoms with Crippen LogP contribution >= 0.6 is 27.7 Å². The second-order valence-electron chi connectivity index (χ2n) is 3.02. The van der Waals surface area contributed by atoms with Crippen LogP contribution in [0.1, 0.15) is 39.5 Å². The van der Waals surface area contributed by atoms with Crippen molar-refractivity contribution < 1.29 is 0 Å². The van der Waals surface area contributed by atoms with Crippen LogP contribution in [0.25, 0.3) is 0 Å². The number of halogens is 1. The van der Waals surface area contributed by atoms with Gasteiger partial charge in [0.05, 0.1) is 0 Å². The highest BCUT2D eigenvalue weighted by Gasteiger charge is 1.93. The average Bonchev–Trinajstić information content (AvgIpc) is 1.96. The molecule has 0 aliphatic carbocycles. The highest BCUT2D eigenvalue weighted by Crippen LogP contribution is 2.12. The highest BCUT2D eigenvalue weighted by molar-refractivity contribution is 9.09. The lowest BCUT2D eigenvalue weighted by atomic mass is 10.2. The maximum atomic E-state index is 3.44. The third-order valence-electron chi connectivity index (χ3n) is 1.48. The summed E-state index contributed by atoms with van der Waals surface area (Å²) in [7, 11) is 0. The van der Waals surface area contributed by atoms with Crippen molar-refractivity contribution in [2.75, 3.05) is 11.1 Å². The minimum Gasteiger partial charge on any atom is -0.159 e. The first-order valence-corrected chi connectivity index (χ1v) is 6.62. The van der Waals surface area contributed by atoms with E-state index in [1.807, 2.05) is 0 Å². The minimum atomic E-state index is 0.811. The van der Waals surface area contributed by atoms with Gasteiger partial charge in [0.1, 0.15) is 0 Å². The summed E-state index contributed by atoms with van der Waals surface area (Å²) in [5, 5.41) is 1.98. The van der Waals surface area contributed by atoms with E-state index in [1.54, 1.807) is 0 Å². The molecule has 0 aliphatic rings. The van der Waals surface area contributed by atoms with Gasteiger partial charge in [-0.1, -0.05) is 42.6 Å². The third kappa shape index (κ3) is 10.8. The fourth-order valence-electron chi connectivity index (χ4n) is 0.869. The van der Waals surface area contributed by atoms with Crippen LogP contribution < -0.4 is 0 Å². The Hall–Kier alpha value is 0.830. The van der Waals surface area contributed by atoms with Gasteiger partial charge in [-0.2, -0.15) is 11.8 Å². The SMILES string of the molecule is CC(C)SCCCCCCBr. The molecule has 68 valence electrons. The van der Waals surface area contributed by atoms with Gasteiger partial charge in [0.15, 0.2) is 0 Å². The van der Waals surface area contributed by atoms with Crippen molar-refractivity contribution >= 4 is 27.7 Å². The zero-order chi connectivity index (χ0) is 8.53. The molecule has 0 saturated carbocycles. The molecule has 0 saturated heterocycles. The number of hydrogen-bond acceptors (Lipinski definition) is 1. The van der Waals surface area contributed by atoms with E-state index < -0.39 is 0 Å². The Morgan fingerprint density at radius 2 is 1.73 bits per heavy atom. The van der Waals surface area contributed by atoms with E-state index >= 15 is 0 Å². The Balaban J connectivity index is 2.80. The summed E-state index contributed by atoms with van der Waals surface area (Å²) in [4.78, 5) is 0. The van der Waals surface area contributed by atoms with E-state index in [0.29, 0.717) is 0 Å². The molecule has 0 nitrogen and oxygen atoms in total. The van der Waals surface area contributed by atoms with E-state index in [1.165, 1.54) is 36.8 Å². The molecule has 0 rings (SSSR count). The van der Waals surface area contributed by atoms with E-state index in [4.69, 9.17) is 0 Å². The Bertz CT molecular complexity index is 74.0. The molecule has 0 spiro atoms. The van der Waals surface area contributed by atoms with Crippen molar-refractivity contribution in [3.05, 3.63) is 0 Å². The summed E-state index contributed by atoms with van der Waals surface area (Å²) in [6, 6.07) is 0. The summed E-state index contributed by atoms with van der Waals surface area (Å²) in [6.45, 7) is 4.53. The highest BCUT2D eigenvalue weighted by atomic mass is 79.9. The summed E-state index contributed by atoms with van der Waals surface area (Å²) >= 11 is 5.51. The van der Waals surface area contributed by atoms with Crippen LogP contribution in [0.3, 0.4) is 0 Å². The van der Waals surface area contributed by atoms with Gasteiger partial charge in [0, 0.05) is 5.33 Å². The quantitative estimate of drug-likeness (QED) is 0.476. The van der Waals surface area contributed by atoms with Gasteiger partial charge in [-0.05, 0) is 23.8 Å². The van der Waals surface area contributed by atoms with Gasteiger partial charge >= 0.3 is 0 Å². The predicted octanol–water partition coefficient (Wildman–Crippen LogP) is 4.08. The smallest absolute Gasteiger partial charge is 0.00313 e. The topological polar surface area (TPSA) is 0 Å². The minimum absolute atomic E-state index is 0.811. The van der Waals surface area contributed by atoms with Crippen LogP contribution in [0.5, 0.6) is 0 Å². The van der Waals surface area contributed by atoms with E-state index in [9.17, 15) is 0 Å². The molecule has 0 atom stereocenters. The largest absolute Gasteiger partial charge is 0.159 e. The number of thioether (sulfide) groups is 1. The summed E-state index contributed by atoms with van der Waals surface area (Å²) in [5.41, 5.74) is 0. The van der Waals surface area contributed by atoms with Gasteiger partial charge < -0.3 is 0 Å². The molecule has 0 fully saturated rings. The Kier molecular flexibility index (Phi) is 9.60. The molecule has 11 heavy (non-hydrogen) atoms. The van der Waals surface area contributed by atoms with Gasteiger partial charge in [0.25, 0.3) is 0 Å². The first kappa shape index (κ1) is 11.8. The van der Waals surface area contributed by atoms with Crippen molar-refractivity contribution in [1.29, 1.82) is 0 Å². The number of unbranched alkanes of at least 4 members (excludes halogenated alkanes) is 3. The maximum absolute atomic E-state index is 3.44. The number of alkyl halides is 1. The molecular weight excluding hydrogens is 220 g/mol. The second-order valence-corrected chi connectivity index (χ2v) is 5.50. The lowest BCUT2D eigenvalue weighted by Crippen LogP contribution is -1.89. The van der Waals surface area contributed by atoms with Crippen LogP contribution in [-0.2, 0) is 0 Å². The summed E-state index contributed by atoms with van der Waals surface area (Å²) in [5.74, 6) is 1.35. The molecule has 0 bridgehead atoms. The molecular formula is C9H19BrS. The van der Waals surface area contributed by atoms with E-state index in [0.717, 1.165) is 5.25 Å². The van der Waals surface area contributed by atoms with Gasteiger partial charge in [0.2, 0.25) is 0 Å². The van der Waals surface area contributed by atoms with Crippen molar-refractivity contribution in [2.24, 2.45) is 0 Å². The number of rotatable bonds is 7. The molecule has 0 amide bonds. The van der Waals surface area contributed by atoms with Crippen LogP contribution in [0, 0.1) is 0 Å². The third-order valence-corrected chi connectivity index (χ3v) is 3.23. The van der Waals surface area contributed by atoms with Crippen LogP contribution in [0.2, 0.25) is 0 Å². The Morgan fingerprint density at radius 1 is 1.09 bits per heavy atom. The zero-order valence-corrected chi connectivity index (χ0v) is 10.0. The Labute approximate surface area is 83.6 Å². The molecule has 0 aromatic carbocycles. The first-order valence-electron chi connectivity index (χ1n) is 4.45. The molecule has 0 heterocycles. The lowest BCUT2D eigenvalue weighted by Gasteiger charge is -2.03. The number of hydrogen-bond donors (Lipinski definition) is 0. The van der Waals surface area contributed by atoms with Crippen molar-refractivity contribution in [2.45, 2.75) is 44.8 Å². The van der Waals surface area contributed by atoms with Gasteiger partial charge in [-0.3, -0.25) is 0 Å². The fourth-order valence-corrected chi connectivity index (χ4v) is 2.11. The molecule has 0 N–H and O–H groups in total. The Morgan fingerprint density at radius 3 is 2.27 bits per heavy atom. The lowest BCUT2D eigenvalue weighted by molar-refractivity contribution is 0.712. The normalized spacial score (nSPS) is 10.9. The van der Waals surface area contributed by atoms with Crippen molar-refractivity contribution in [1.82, 2.24) is 0 Å². The fraction of sp³-hybridized carbons (Fsp3) is 1.00. The molecule has 0 aliphatic heterocycles. The first-order chi connectivity index (χ1) is 5.27. The van der Waals surface area contributed by atoms with Crippen molar-refractivity contribution in [3.8, 4) is 0 Å². The predicted molar refractivity (Wildman–Crippen MR) is 59.9 cm³/mol. The van der Waals surface area contributed by atoms with Gasteiger partial charge in [-0.15, -0.1) is 0 Å². The molecule has 0 radical (unpaired) electrons. The zero-order valence-electron chi connectivity index (χ0n) is 7.61. The molecule has 0 unspecified atom stereocenters. The summed E-state index contributed by atoms with van der Waals surface area (Å²) < 4.78 is 0. The maximum Gasteiger partial charge on any atom is 0.00313 e. The average molecular weight is 239 g/mol. The second kappa shape index (κ2) is 8.92. The molecule has 0 aromatic heterocycles. The monoisotopic (exact) mass is 238 g/mol. The van der Waals surface area contributed by atoms with E-state index in [-0.39, 0.29) is 0 Å². The summed E-state index contributed by atoms with van der Waals surface area (Å²) in [6.07, 6.45) is 5.54. The standard InChI is InChI=1S/C9H19BrS/c1-9(2)11-8-6-4-3-5-7-10/h9H,3-8H2,1-2H3. The van der Waals surface area contributed by atoms with Crippen LogP contribution in [-0.4, -0.2) is 16.3 Å².